The smallest absolute Gasteiger partial charge is 0.416 e. The van der Waals surface area contributed by atoms with Gasteiger partial charge in [-0.3, -0.25) is 4.79 Å². The lowest BCUT2D eigenvalue weighted by molar-refractivity contribution is -0.145. The number of carbonyl (C=O) groups excluding carboxylic acids is 2. The average molecular weight is 399 g/mol. The summed E-state index contributed by atoms with van der Waals surface area (Å²) in [5.74, 6) is -1.66. The van der Waals surface area contributed by atoms with Gasteiger partial charge in [-0.2, -0.15) is 26.3 Å². The van der Waals surface area contributed by atoms with Gasteiger partial charge in [-0.1, -0.05) is 13.8 Å². The molecular formula is C17H19F6NO3. The first kappa shape index (κ1) is 22.8. The zero-order valence-corrected chi connectivity index (χ0v) is 14.8. The number of alkyl halides is 6. The highest BCUT2D eigenvalue weighted by Gasteiger charge is 2.37. The van der Waals surface area contributed by atoms with E-state index in [9.17, 15) is 35.9 Å². The van der Waals surface area contributed by atoms with Gasteiger partial charge in [0.1, 0.15) is 6.04 Å². The molecule has 0 unspecified atom stereocenters. The van der Waals surface area contributed by atoms with Gasteiger partial charge in [-0.15, -0.1) is 0 Å². The number of ether oxygens (including phenoxy) is 1. The number of hydrogen-bond donors (Lipinski definition) is 1. The second kappa shape index (κ2) is 8.62. The third kappa shape index (κ3) is 7.10. The number of nitrogens with one attached hydrogen (secondary N) is 1. The molecule has 1 aromatic rings. The predicted octanol–water partition coefficient (Wildman–Crippen LogP) is 3.97. The molecule has 0 radical (unpaired) electrons. The molecular weight excluding hydrogens is 380 g/mol. The van der Waals surface area contributed by atoms with Crippen molar-refractivity contribution in [3.63, 3.8) is 0 Å². The van der Waals surface area contributed by atoms with Gasteiger partial charge >= 0.3 is 18.3 Å². The quantitative estimate of drug-likeness (QED) is 0.582. The lowest BCUT2D eigenvalue weighted by Crippen LogP contribution is -2.43. The molecule has 0 heterocycles. The third-order valence-electron chi connectivity index (χ3n) is 3.54. The summed E-state index contributed by atoms with van der Waals surface area (Å²) in [6, 6.07) is -0.109. The standard InChI is InChI=1S/C17H19F6NO3/c1-9(2)4-13(15(26)27-3)24-14(25)7-10-5-11(16(18,19)20)8-12(6-10)17(21,22)23/h5-6,8-9,13H,4,7H2,1-3H3,(H,24,25)/t13-/m1/s1. The molecule has 4 nitrogen and oxygen atoms in total. The number of esters is 1. The Morgan fingerprint density at radius 1 is 1.00 bits per heavy atom. The Balaban J connectivity index is 3.08. The molecule has 0 bridgehead atoms. The summed E-state index contributed by atoms with van der Waals surface area (Å²) < 4.78 is 81.6. The number of amides is 1. The molecule has 0 saturated carbocycles. The summed E-state index contributed by atoms with van der Waals surface area (Å²) >= 11 is 0. The molecule has 0 saturated heterocycles. The summed E-state index contributed by atoms with van der Waals surface area (Å²) in [7, 11) is 1.10. The van der Waals surface area contributed by atoms with Crippen LogP contribution in [0.5, 0.6) is 0 Å². The topological polar surface area (TPSA) is 55.4 Å². The van der Waals surface area contributed by atoms with Gasteiger partial charge in [0.25, 0.3) is 0 Å². The van der Waals surface area contributed by atoms with E-state index >= 15 is 0 Å². The fraction of sp³-hybridized carbons (Fsp3) is 0.529. The van der Waals surface area contributed by atoms with Gasteiger partial charge in [-0.25, -0.2) is 4.79 Å². The van der Waals surface area contributed by atoms with E-state index in [0.717, 1.165) is 7.11 Å². The van der Waals surface area contributed by atoms with Crippen molar-refractivity contribution < 1.29 is 40.7 Å². The maximum Gasteiger partial charge on any atom is 0.416 e. The summed E-state index contributed by atoms with van der Waals surface area (Å²) in [6.45, 7) is 3.54. The molecule has 1 N–H and O–H groups in total. The zero-order chi connectivity index (χ0) is 21.0. The Hall–Kier alpha value is -2.26. The van der Waals surface area contributed by atoms with Gasteiger partial charge < -0.3 is 10.1 Å². The number of methoxy groups -OCH3 is 1. The van der Waals surface area contributed by atoms with Gasteiger partial charge in [0, 0.05) is 0 Å². The van der Waals surface area contributed by atoms with Crippen molar-refractivity contribution in [2.45, 2.75) is 45.1 Å². The molecule has 1 atom stereocenters. The monoisotopic (exact) mass is 399 g/mol. The number of halogens is 6. The van der Waals surface area contributed by atoms with Crippen LogP contribution in [0.4, 0.5) is 26.3 Å². The summed E-state index contributed by atoms with van der Waals surface area (Å²) in [5.41, 5.74) is -3.48. The Morgan fingerprint density at radius 3 is 1.85 bits per heavy atom. The Bertz CT molecular complexity index is 650. The van der Waals surface area contributed by atoms with Crippen LogP contribution in [0.15, 0.2) is 18.2 Å². The van der Waals surface area contributed by atoms with Crippen molar-refractivity contribution in [1.82, 2.24) is 5.32 Å². The van der Waals surface area contributed by atoms with Gasteiger partial charge in [0.2, 0.25) is 5.91 Å². The minimum absolute atomic E-state index is 0.0141. The van der Waals surface area contributed by atoms with Gasteiger partial charge in [0.15, 0.2) is 0 Å². The average Bonchev–Trinajstić information content (AvgIpc) is 2.50. The number of hydrogen-bond acceptors (Lipinski definition) is 3. The second-order valence-electron chi connectivity index (χ2n) is 6.36. The van der Waals surface area contributed by atoms with E-state index in [1.54, 1.807) is 13.8 Å². The fourth-order valence-electron chi connectivity index (χ4n) is 2.38. The Kier molecular flexibility index (Phi) is 7.27. The molecule has 1 rings (SSSR count). The molecule has 0 spiro atoms. The van der Waals surface area contributed by atoms with Crippen LogP contribution in [0.1, 0.15) is 37.0 Å². The van der Waals surface area contributed by atoms with E-state index in [1.807, 2.05) is 0 Å². The Morgan fingerprint density at radius 2 is 1.48 bits per heavy atom. The summed E-state index contributed by atoms with van der Waals surface area (Å²) in [5, 5.41) is 2.29. The molecule has 1 aromatic carbocycles. The molecule has 0 fully saturated rings. The van der Waals surface area contributed by atoms with Crippen LogP contribution in [0, 0.1) is 5.92 Å². The van der Waals surface area contributed by atoms with E-state index < -0.39 is 53.4 Å². The molecule has 1 amide bonds. The zero-order valence-electron chi connectivity index (χ0n) is 14.8. The van der Waals surface area contributed by atoms with Crippen molar-refractivity contribution in [2.24, 2.45) is 5.92 Å². The summed E-state index contributed by atoms with van der Waals surface area (Å²) in [4.78, 5) is 23.7. The maximum atomic E-state index is 12.8. The molecule has 0 aliphatic rings. The van der Waals surface area contributed by atoms with Crippen LogP contribution in [-0.2, 0) is 33.1 Å². The van der Waals surface area contributed by atoms with Crippen LogP contribution < -0.4 is 5.32 Å². The predicted molar refractivity (Wildman–Crippen MR) is 83.6 cm³/mol. The van der Waals surface area contributed by atoms with Crippen LogP contribution in [-0.4, -0.2) is 25.0 Å². The lowest BCUT2D eigenvalue weighted by Gasteiger charge is -2.19. The van der Waals surface area contributed by atoms with Crippen LogP contribution >= 0.6 is 0 Å². The van der Waals surface area contributed by atoms with E-state index in [0.29, 0.717) is 12.1 Å². The molecule has 27 heavy (non-hydrogen) atoms. The fourth-order valence-corrected chi connectivity index (χ4v) is 2.38. The van der Waals surface area contributed by atoms with Crippen molar-refractivity contribution in [2.75, 3.05) is 7.11 Å². The van der Waals surface area contributed by atoms with Crippen LogP contribution in [0.25, 0.3) is 0 Å². The van der Waals surface area contributed by atoms with Crippen molar-refractivity contribution in [3.8, 4) is 0 Å². The largest absolute Gasteiger partial charge is 0.467 e. The lowest BCUT2D eigenvalue weighted by atomic mass is 10.0. The third-order valence-corrected chi connectivity index (χ3v) is 3.54. The van der Waals surface area contributed by atoms with E-state index in [4.69, 9.17) is 0 Å². The highest BCUT2D eigenvalue weighted by molar-refractivity contribution is 5.85. The minimum atomic E-state index is -5.00. The van der Waals surface area contributed by atoms with Crippen molar-refractivity contribution in [3.05, 3.63) is 34.9 Å². The molecule has 0 aliphatic carbocycles. The van der Waals surface area contributed by atoms with E-state index in [1.165, 1.54) is 0 Å². The molecule has 10 heteroatoms. The second-order valence-corrected chi connectivity index (χ2v) is 6.36. The van der Waals surface area contributed by atoms with E-state index in [-0.39, 0.29) is 18.4 Å². The SMILES string of the molecule is COC(=O)[C@@H](CC(C)C)NC(=O)Cc1cc(C(F)(F)F)cc(C(F)(F)F)c1. The van der Waals surface area contributed by atoms with Crippen molar-refractivity contribution in [1.29, 1.82) is 0 Å². The van der Waals surface area contributed by atoms with E-state index in [2.05, 4.69) is 10.1 Å². The molecule has 152 valence electrons. The van der Waals surface area contributed by atoms with Crippen LogP contribution in [0.3, 0.4) is 0 Å². The highest BCUT2D eigenvalue weighted by atomic mass is 19.4. The first-order chi connectivity index (χ1) is 12.2. The van der Waals surface area contributed by atoms with Gasteiger partial charge in [-0.05, 0) is 36.1 Å². The number of carbonyl (C=O) groups is 2. The Labute approximate surface area is 151 Å². The minimum Gasteiger partial charge on any atom is -0.467 e. The van der Waals surface area contributed by atoms with Crippen molar-refractivity contribution >= 4 is 11.9 Å². The highest BCUT2D eigenvalue weighted by Crippen LogP contribution is 2.36. The molecule has 0 aliphatic heterocycles. The normalized spacial score (nSPS) is 13.4. The maximum absolute atomic E-state index is 12.8. The first-order valence-electron chi connectivity index (χ1n) is 7.89. The number of benzene rings is 1. The molecule has 0 aromatic heterocycles. The number of rotatable bonds is 6. The van der Waals surface area contributed by atoms with Gasteiger partial charge in [0.05, 0.1) is 24.7 Å². The first-order valence-corrected chi connectivity index (χ1v) is 7.89. The van der Waals surface area contributed by atoms with Crippen LogP contribution in [0.2, 0.25) is 0 Å². The summed E-state index contributed by atoms with van der Waals surface area (Å²) in [6.07, 6.45) is -10.6.